The van der Waals surface area contributed by atoms with Gasteiger partial charge in [0.25, 0.3) is 0 Å². The number of amides is 1. The molecule has 1 saturated heterocycles. The zero-order valence-corrected chi connectivity index (χ0v) is 15.6. The smallest absolute Gasteiger partial charge is 0.222 e. The van der Waals surface area contributed by atoms with Gasteiger partial charge in [0.15, 0.2) is 0 Å². The molecular formula is C19H29ClN2O2. The number of nitrogens with zero attached hydrogens (tertiary/aromatic N) is 2. The summed E-state index contributed by atoms with van der Waals surface area (Å²) in [4.78, 5) is 16.4. The van der Waals surface area contributed by atoms with Crippen LogP contribution in [0.2, 0.25) is 5.02 Å². The molecule has 1 heterocycles. The van der Waals surface area contributed by atoms with Crippen LogP contribution in [0.5, 0.6) is 0 Å². The molecule has 1 aromatic carbocycles. The maximum Gasteiger partial charge on any atom is 0.222 e. The molecule has 1 aliphatic heterocycles. The number of halogens is 1. The van der Waals surface area contributed by atoms with Crippen molar-refractivity contribution in [3.8, 4) is 0 Å². The van der Waals surface area contributed by atoms with Gasteiger partial charge in [0.2, 0.25) is 5.91 Å². The molecule has 1 aliphatic rings. The summed E-state index contributed by atoms with van der Waals surface area (Å²) < 4.78 is 0. The highest BCUT2D eigenvalue weighted by molar-refractivity contribution is 6.30. The lowest BCUT2D eigenvalue weighted by Crippen LogP contribution is -2.41. The van der Waals surface area contributed by atoms with Gasteiger partial charge in [0.05, 0.1) is 5.60 Å². The molecule has 0 radical (unpaired) electrons. The Morgan fingerprint density at radius 2 is 1.96 bits per heavy atom. The Morgan fingerprint density at radius 3 is 2.62 bits per heavy atom. The highest BCUT2D eigenvalue weighted by Crippen LogP contribution is 2.23. The van der Waals surface area contributed by atoms with Gasteiger partial charge in [0, 0.05) is 31.1 Å². The zero-order chi connectivity index (χ0) is 17.6. The second-order valence-electron chi connectivity index (χ2n) is 7.18. The summed E-state index contributed by atoms with van der Waals surface area (Å²) in [5.74, 6) is 0.207. The van der Waals surface area contributed by atoms with E-state index in [1.165, 1.54) is 5.56 Å². The minimum absolute atomic E-state index is 0.207. The van der Waals surface area contributed by atoms with Crippen LogP contribution in [0.3, 0.4) is 0 Å². The van der Waals surface area contributed by atoms with E-state index in [0.717, 1.165) is 37.3 Å². The highest BCUT2D eigenvalue weighted by Gasteiger charge is 2.31. The maximum atomic E-state index is 12.4. The molecular weight excluding hydrogens is 324 g/mol. The summed E-state index contributed by atoms with van der Waals surface area (Å²) in [6, 6.07) is 7.80. The Labute approximate surface area is 150 Å². The van der Waals surface area contributed by atoms with Gasteiger partial charge in [-0.25, -0.2) is 0 Å². The van der Waals surface area contributed by atoms with Gasteiger partial charge in [-0.3, -0.25) is 4.79 Å². The van der Waals surface area contributed by atoms with Crippen molar-refractivity contribution in [2.45, 2.75) is 44.1 Å². The number of hydrogen-bond donors (Lipinski definition) is 1. The van der Waals surface area contributed by atoms with E-state index in [4.69, 9.17) is 11.6 Å². The van der Waals surface area contributed by atoms with E-state index in [9.17, 15) is 9.90 Å². The molecule has 1 atom stereocenters. The number of benzene rings is 1. The van der Waals surface area contributed by atoms with Crippen molar-refractivity contribution in [3.05, 3.63) is 34.9 Å². The highest BCUT2D eigenvalue weighted by atomic mass is 35.5. The van der Waals surface area contributed by atoms with Crippen molar-refractivity contribution in [2.24, 2.45) is 0 Å². The average Bonchev–Trinajstić information content (AvgIpc) is 2.70. The Bertz CT molecular complexity index is 533. The Kier molecular flexibility index (Phi) is 7.08. The van der Waals surface area contributed by atoms with Crippen molar-refractivity contribution < 1.29 is 9.90 Å². The summed E-state index contributed by atoms with van der Waals surface area (Å²) in [7, 11) is 3.95. The number of carbonyl (C=O) groups is 1. The summed E-state index contributed by atoms with van der Waals surface area (Å²) in [6.45, 7) is 2.07. The third-order valence-corrected chi connectivity index (χ3v) is 4.90. The van der Waals surface area contributed by atoms with Crippen LogP contribution in [0.25, 0.3) is 0 Å². The van der Waals surface area contributed by atoms with Gasteiger partial charge in [-0.2, -0.15) is 0 Å². The molecule has 0 spiro atoms. The van der Waals surface area contributed by atoms with Crippen LogP contribution in [-0.2, 0) is 11.2 Å². The molecule has 0 saturated carbocycles. The van der Waals surface area contributed by atoms with Crippen LogP contribution in [0, 0.1) is 0 Å². The lowest BCUT2D eigenvalue weighted by molar-refractivity contribution is -0.131. The molecule has 24 heavy (non-hydrogen) atoms. The molecule has 0 aliphatic carbocycles. The van der Waals surface area contributed by atoms with Crippen molar-refractivity contribution in [3.63, 3.8) is 0 Å². The number of aliphatic hydroxyl groups is 1. The molecule has 2 rings (SSSR count). The third kappa shape index (κ3) is 6.08. The average molecular weight is 353 g/mol. The molecule has 134 valence electrons. The molecule has 0 bridgehead atoms. The topological polar surface area (TPSA) is 43.8 Å². The van der Waals surface area contributed by atoms with Gasteiger partial charge in [-0.1, -0.05) is 23.7 Å². The van der Waals surface area contributed by atoms with Crippen LogP contribution in [0.1, 0.15) is 37.7 Å². The number of rotatable bonds is 6. The molecule has 1 unspecified atom stereocenters. The Balaban J connectivity index is 1.77. The van der Waals surface area contributed by atoms with Crippen LogP contribution in [-0.4, -0.2) is 60.1 Å². The first kappa shape index (κ1) is 19.2. The minimum Gasteiger partial charge on any atom is -0.388 e. The van der Waals surface area contributed by atoms with Gasteiger partial charge in [0.1, 0.15) is 0 Å². The Hall–Kier alpha value is -1.10. The summed E-state index contributed by atoms with van der Waals surface area (Å²) >= 11 is 5.88. The Morgan fingerprint density at radius 1 is 1.25 bits per heavy atom. The normalized spacial score (nSPS) is 21.8. The van der Waals surface area contributed by atoms with Crippen LogP contribution < -0.4 is 0 Å². The summed E-state index contributed by atoms with van der Waals surface area (Å²) in [6.07, 6.45) is 4.59. The second-order valence-corrected chi connectivity index (χ2v) is 7.61. The van der Waals surface area contributed by atoms with Gasteiger partial charge in [-0.05, 0) is 63.9 Å². The van der Waals surface area contributed by atoms with E-state index >= 15 is 0 Å². The quantitative estimate of drug-likeness (QED) is 0.856. The maximum absolute atomic E-state index is 12.4. The summed E-state index contributed by atoms with van der Waals surface area (Å²) in [5, 5.41) is 11.4. The van der Waals surface area contributed by atoms with E-state index in [2.05, 4.69) is 0 Å². The zero-order valence-electron chi connectivity index (χ0n) is 14.8. The third-order valence-electron chi connectivity index (χ3n) is 4.65. The van der Waals surface area contributed by atoms with Crippen molar-refractivity contribution in [1.82, 2.24) is 9.80 Å². The predicted octanol–water partition coefficient (Wildman–Crippen LogP) is 2.97. The molecule has 1 aromatic rings. The van der Waals surface area contributed by atoms with Crippen molar-refractivity contribution in [1.29, 1.82) is 0 Å². The van der Waals surface area contributed by atoms with E-state index in [1.54, 1.807) is 0 Å². The first-order valence-electron chi connectivity index (χ1n) is 8.77. The number of aryl methyl sites for hydroxylation is 1. The standard InChI is InChI=1S/C19H29ClN2O2/c1-21(2)15-19(24)11-4-13-22(14-12-19)18(23)6-3-5-16-7-9-17(20)10-8-16/h7-10,24H,3-6,11-15H2,1-2H3. The van der Waals surface area contributed by atoms with Gasteiger partial charge >= 0.3 is 0 Å². The number of hydrogen-bond acceptors (Lipinski definition) is 3. The molecule has 0 aromatic heterocycles. The molecule has 1 N–H and O–H groups in total. The predicted molar refractivity (Wildman–Crippen MR) is 98.3 cm³/mol. The lowest BCUT2D eigenvalue weighted by Gasteiger charge is -2.30. The lowest BCUT2D eigenvalue weighted by atomic mass is 9.94. The van der Waals surface area contributed by atoms with Crippen LogP contribution >= 0.6 is 11.6 Å². The molecule has 1 amide bonds. The van der Waals surface area contributed by atoms with E-state index < -0.39 is 5.60 Å². The van der Waals surface area contributed by atoms with E-state index in [-0.39, 0.29) is 5.91 Å². The van der Waals surface area contributed by atoms with E-state index in [1.807, 2.05) is 48.2 Å². The SMILES string of the molecule is CN(C)CC1(O)CCCN(C(=O)CCCc2ccc(Cl)cc2)CC1. The molecule has 4 nitrogen and oxygen atoms in total. The van der Waals surface area contributed by atoms with Crippen LogP contribution in [0.15, 0.2) is 24.3 Å². The fraction of sp³-hybridized carbons (Fsp3) is 0.632. The number of likely N-dealkylation sites (tertiary alicyclic amines) is 1. The minimum atomic E-state index is -0.665. The number of carbonyl (C=O) groups excluding carboxylic acids is 1. The molecule has 5 heteroatoms. The fourth-order valence-electron chi connectivity index (χ4n) is 3.43. The van der Waals surface area contributed by atoms with E-state index in [0.29, 0.717) is 25.9 Å². The first-order valence-corrected chi connectivity index (χ1v) is 9.15. The van der Waals surface area contributed by atoms with Gasteiger partial charge < -0.3 is 14.9 Å². The monoisotopic (exact) mass is 352 g/mol. The van der Waals surface area contributed by atoms with Crippen molar-refractivity contribution in [2.75, 3.05) is 33.7 Å². The first-order chi connectivity index (χ1) is 11.4. The van der Waals surface area contributed by atoms with Gasteiger partial charge in [-0.15, -0.1) is 0 Å². The number of likely N-dealkylation sites (N-methyl/N-ethyl adjacent to an activating group) is 1. The largest absolute Gasteiger partial charge is 0.388 e. The molecule has 1 fully saturated rings. The van der Waals surface area contributed by atoms with Crippen LogP contribution in [0.4, 0.5) is 0 Å². The summed E-state index contributed by atoms with van der Waals surface area (Å²) in [5.41, 5.74) is 0.547. The van der Waals surface area contributed by atoms with Crippen molar-refractivity contribution >= 4 is 17.5 Å². The fourth-order valence-corrected chi connectivity index (χ4v) is 3.55. The second kappa shape index (κ2) is 8.84.